The summed E-state index contributed by atoms with van der Waals surface area (Å²) in [6, 6.07) is 3.42. The highest BCUT2D eigenvalue weighted by Crippen LogP contribution is 1.75. The summed E-state index contributed by atoms with van der Waals surface area (Å²) in [5.74, 6) is 0. The van der Waals surface area contributed by atoms with Gasteiger partial charge in [-0.15, -0.1) is 0 Å². The van der Waals surface area contributed by atoms with Gasteiger partial charge in [-0.2, -0.15) is 0 Å². The highest BCUT2D eigenvalue weighted by Gasteiger charge is 2.12. The Morgan fingerprint density at radius 2 is 2.20 bits per heavy atom. The molecule has 0 unspecified atom stereocenters. The Morgan fingerprint density at radius 1 is 1.50 bits per heavy atom. The van der Waals surface area contributed by atoms with Crippen molar-refractivity contribution >= 4 is 12.6 Å². The molecule has 0 saturated carbocycles. The second kappa shape index (κ2) is 2.81. The Hall–Kier alpha value is -0.865. The van der Waals surface area contributed by atoms with Gasteiger partial charge in [0, 0.05) is 11.5 Å². The van der Waals surface area contributed by atoms with Gasteiger partial charge in [0.2, 0.25) is 0 Å². The Morgan fingerprint density at radius 3 is 2.60 bits per heavy atom. The number of rotatable bonds is 1. The van der Waals surface area contributed by atoms with Gasteiger partial charge in [0.1, 0.15) is 7.05 Å². The van der Waals surface area contributed by atoms with E-state index in [1.165, 1.54) is 0 Å². The van der Waals surface area contributed by atoms with Crippen LogP contribution >= 0.6 is 0 Å². The quantitative estimate of drug-likeness (QED) is 0.355. The maximum Gasteiger partial charge on any atom is 0.494 e. The van der Waals surface area contributed by atoms with Gasteiger partial charge in [0.05, 0.1) is 0 Å². The third kappa shape index (κ3) is 1.56. The van der Waals surface area contributed by atoms with Crippen molar-refractivity contribution in [2.24, 2.45) is 7.05 Å². The molecule has 0 bridgehead atoms. The van der Waals surface area contributed by atoms with Gasteiger partial charge in [-0.1, -0.05) is 6.07 Å². The lowest BCUT2D eigenvalue weighted by molar-refractivity contribution is -0.670. The third-order valence-corrected chi connectivity index (χ3v) is 1.26. The first-order chi connectivity index (χ1) is 4.70. The largest absolute Gasteiger partial charge is 0.494 e. The standard InChI is InChI=1S/C6H9BNO2/c1-8-4-2-3-6(5-8)7(9)10/h2-5,9-10H,1H3/q+1. The van der Waals surface area contributed by atoms with Crippen molar-refractivity contribution in [3.05, 3.63) is 24.5 Å². The van der Waals surface area contributed by atoms with E-state index in [0.717, 1.165) is 0 Å². The number of aromatic nitrogens is 1. The first-order valence-electron chi connectivity index (χ1n) is 3.01. The van der Waals surface area contributed by atoms with E-state index in [2.05, 4.69) is 0 Å². The summed E-state index contributed by atoms with van der Waals surface area (Å²) in [5, 5.41) is 17.4. The molecule has 0 aliphatic carbocycles. The lowest BCUT2D eigenvalue weighted by atomic mass is 9.82. The van der Waals surface area contributed by atoms with Crippen molar-refractivity contribution in [1.29, 1.82) is 0 Å². The summed E-state index contributed by atoms with van der Waals surface area (Å²) >= 11 is 0. The lowest BCUT2D eigenvalue weighted by Crippen LogP contribution is -2.39. The van der Waals surface area contributed by atoms with Gasteiger partial charge >= 0.3 is 7.12 Å². The number of hydrogen-bond donors (Lipinski definition) is 2. The van der Waals surface area contributed by atoms with Gasteiger partial charge in [-0.05, 0) is 0 Å². The molecule has 10 heavy (non-hydrogen) atoms. The number of pyridine rings is 1. The Balaban J connectivity index is 2.96. The first-order valence-corrected chi connectivity index (χ1v) is 3.01. The maximum absolute atomic E-state index is 8.69. The fourth-order valence-corrected chi connectivity index (χ4v) is 0.764. The molecule has 1 rings (SSSR count). The molecule has 0 aromatic carbocycles. The van der Waals surface area contributed by atoms with Crippen molar-refractivity contribution in [2.75, 3.05) is 0 Å². The molecular formula is C6H9BNO2+. The van der Waals surface area contributed by atoms with E-state index in [9.17, 15) is 0 Å². The zero-order valence-corrected chi connectivity index (χ0v) is 5.73. The second-order valence-corrected chi connectivity index (χ2v) is 2.18. The van der Waals surface area contributed by atoms with Gasteiger partial charge in [0.25, 0.3) is 0 Å². The summed E-state index contributed by atoms with van der Waals surface area (Å²) in [7, 11) is 0.457. The van der Waals surface area contributed by atoms with Crippen LogP contribution in [0.25, 0.3) is 0 Å². The molecule has 0 atom stereocenters. The minimum Gasteiger partial charge on any atom is -0.423 e. The normalized spacial score (nSPS) is 9.50. The summed E-state index contributed by atoms with van der Waals surface area (Å²) in [6.45, 7) is 0. The van der Waals surface area contributed by atoms with E-state index < -0.39 is 7.12 Å². The molecule has 0 radical (unpaired) electrons. The second-order valence-electron chi connectivity index (χ2n) is 2.18. The van der Waals surface area contributed by atoms with Gasteiger partial charge < -0.3 is 10.0 Å². The molecule has 0 aliphatic rings. The zero-order chi connectivity index (χ0) is 7.56. The van der Waals surface area contributed by atoms with Crippen molar-refractivity contribution in [1.82, 2.24) is 0 Å². The van der Waals surface area contributed by atoms with Crippen LogP contribution in [0.5, 0.6) is 0 Å². The summed E-state index contributed by atoms with van der Waals surface area (Å²) in [6.07, 6.45) is 3.48. The molecule has 1 aromatic rings. The summed E-state index contributed by atoms with van der Waals surface area (Å²) in [5.41, 5.74) is 0.505. The highest BCUT2D eigenvalue weighted by atomic mass is 16.4. The van der Waals surface area contributed by atoms with E-state index in [0.29, 0.717) is 5.46 Å². The van der Waals surface area contributed by atoms with Crippen LogP contribution in [0, 0.1) is 0 Å². The van der Waals surface area contributed by atoms with Crippen molar-refractivity contribution in [2.45, 2.75) is 0 Å². The molecule has 0 amide bonds. The average Bonchev–Trinajstić information content (AvgIpc) is 1.88. The van der Waals surface area contributed by atoms with Gasteiger partial charge in [-0.25, -0.2) is 4.57 Å². The van der Waals surface area contributed by atoms with E-state index in [1.807, 2.05) is 13.2 Å². The fourth-order valence-electron chi connectivity index (χ4n) is 0.764. The molecule has 0 fully saturated rings. The molecular weight excluding hydrogens is 129 g/mol. The van der Waals surface area contributed by atoms with Crippen LogP contribution < -0.4 is 10.0 Å². The van der Waals surface area contributed by atoms with E-state index in [1.54, 1.807) is 22.9 Å². The number of hydrogen-bond acceptors (Lipinski definition) is 2. The molecule has 3 nitrogen and oxygen atoms in total. The van der Waals surface area contributed by atoms with Crippen LogP contribution in [0.15, 0.2) is 24.5 Å². The number of aryl methyl sites for hydroxylation is 1. The summed E-state index contributed by atoms with van der Waals surface area (Å²) in [4.78, 5) is 0. The van der Waals surface area contributed by atoms with Crippen LogP contribution in [0.3, 0.4) is 0 Å². The molecule has 1 heterocycles. The van der Waals surface area contributed by atoms with Crippen molar-refractivity contribution in [3.63, 3.8) is 0 Å². The average molecular weight is 138 g/mol. The van der Waals surface area contributed by atoms with Gasteiger partial charge in [-0.3, -0.25) is 0 Å². The van der Waals surface area contributed by atoms with Crippen LogP contribution in [0.1, 0.15) is 0 Å². The minimum atomic E-state index is -1.37. The zero-order valence-electron chi connectivity index (χ0n) is 5.73. The fraction of sp³-hybridized carbons (Fsp3) is 0.167. The topological polar surface area (TPSA) is 44.3 Å². The monoisotopic (exact) mass is 138 g/mol. The van der Waals surface area contributed by atoms with Crippen molar-refractivity contribution < 1.29 is 14.6 Å². The Bertz CT molecular complexity index is 227. The van der Waals surface area contributed by atoms with E-state index >= 15 is 0 Å². The third-order valence-electron chi connectivity index (χ3n) is 1.26. The molecule has 1 aromatic heterocycles. The number of nitrogens with zero attached hydrogens (tertiary/aromatic N) is 1. The molecule has 4 heteroatoms. The molecule has 52 valence electrons. The van der Waals surface area contributed by atoms with Crippen LogP contribution in [0.2, 0.25) is 0 Å². The SMILES string of the molecule is C[n+]1cccc(B(O)O)c1. The minimum absolute atomic E-state index is 0.505. The van der Waals surface area contributed by atoms with Gasteiger partial charge in [0.15, 0.2) is 12.4 Å². The summed E-state index contributed by atoms with van der Waals surface area (Å²) < 4.78 is 1.76. The van der Waals surface area contributed by atoms with Crippen LogP contribution in [0.4, 0.5) is 0 Å². The molecule has 0 aliphatic heterocycles. The maximum atomic E-state index is 8.69. The predicted octanol–water partition coefficient (Wildman–Crippen LogP) is -1.81. The molecule has 2 N–H and O–H groups in total. The molecule has 0 spiro atoms. The smallest absolute Gasteiger partial charge is 0.423 e. The Kier molecular flexibility index (Phi) is 2.04. The van der Waals surface area contributed by atoms with E-state index in [4.69, 9.17) is 10.0 Å². The first kappa shape index (κ1) is 7.24. The van der Waals surface area contributed by atoms with Crippen LogP contribution in [-0.4, -0.2) is 17.2 Å². The molecule has 0 saturated heterocycles. The predicted molar refractivity (Wildman–Crippen MR) is 37.4 cm³/mol. The highest BCUT2D eigenvalue weighted by molar-refractivity contribution is 6.58. The van der Waals surface area contributed by atoms with Crippen LogP contribution in [-0.2, 0) is 7.05 Å². The lowest BCUT2D eigenvalue weighted by Gasteiger charge is -1.93. The van der Waals surface area contributed by atoms with Crippen molar-refractivity contribution in [3.8, 4) is 0 Å². The Labute approximate surface area is 59.7 Å². The van der Waals surface area contributed by atoms with E-state index in [-0.39, 0.29) is 0 Å².